The Morgan fingerprint density at radius 3 is 2.53 bits per heavy atom. The number of nitrogens with one attached hydrogen (secondary N) is 3. The van der Waals surface area contributed by atoms with Crippen LogP contribution in [0.3, 0.4) is 0 Å². The van der Waals surface area contributed by atoms with Gasteiger partial charge in [-0.15, -0.1) is 13.2 Å². The first kappa shape index (κ1) is 27.1. The molecular formula is C23H30F3N5O5. The van der Waals surface area contributed by atoms with Gasteiger partial charge in [0.05, 0.1) is 26.0 Å². The minimum atomic E-state index is -4.80. The molecular weight excluding hydrogens is 483 g/mol. The van der Waals surface area contributed by atoms with Crippen molar-refractivity contribution in [3.8, 4) is 11.5 Å². The molecule has 0 bridgehead atoms. The number of carbonyl (C=O) groups is 1. The quantitative estimate of drug-likeness (QED) is 0.559. The van der Waals surface area contributed by atoms with E-state index in [9.17, 15) is 22.8 Å². The lowest BCUT2D eigenvalue weighted by atomic mass is 9.96. The minimum Gasteiger partial charge on any atom is -0.495 e. The third-order valence-electron chi connectivity index (χ3n) is 5.56. The summed E-state index contributed by atoms with van der Waals surface area (Å²) in [6.45, 7) is 2.96. The highest BCUT2D eigenvalue weighted by molar-refractivity contribution is 5.91. The lowest BCUT2D eigenvalue weighted by Crippen LogP contribution is -2.39. The fourth-order valence-corrected chi connectivity index (χ4v) is 3.87. The number of anilines is 2. The maximum atomic E-state index is 12.3. The molecule has 36 heavy (non-hydrogen) atoms. The van der Waals surface area contributed by atoms with E-state index in [2.05, 4.69) is 25.3 Å². The van der Waals surface area contributed by atoms with Crippen LogP contribution >= 0.6 is 0 Å². The average molecular weight is 514 g/mol. The van der Waals surface area contributed by atoms with Crippen molar-refractivity contribution in [2.24, 2.45) is 0 Å². The number of alkyl halides is 3. The van der Waals surface area contributed by atoms with Crippen LogP contribution in [-0.4, -0.2) is 61.8 Å². The molecule has 1 aliphatic heterocycles. The van der Waals surface area contributed by atoms with E-state index in [1.54, 1.807) is 0 Å². The summed E-state index contributed by atoms with van der Waals surface area (Å²) in [6.07, 6.45) is 1.81. The predicted octanol–water partition coefficient (Wildman–Crippen LogP) is 3.65. The number of benzene rings is 1. The van der Waals surface area contributed by atoms with Crippen LogP contribution in [0.15, 0.2) is 35.3 Å². The summed E-state index contributed by atoms with van der Waals surface area (Å²) >= 11 is 0. The number of halogens is 3. The summed E-state index contributed by atoms with van der Waals surface area (Å²) in [7, 11) is 1.36. The molecule has 0 radical (unpaired) electrons. The Hall–Kier alpha value is -3.48. The number of amides is 2. The monoisotopic (exact) mass is 513 g/mol. The van der Waals surface area contributed by atoms with Crippen LogP contribution in [0.5, 0.6) is 11.5 Å². The number of hydrogen-bond acceptors (Lipinski definition) is 7. The molecule has 1 saturated heterocycles. The summed E-state index contributed by atoms with van der Waals surface area (Å²) in [4.78, 5) is 31.7. The Kier molecular flexibility index (Phi) is 9.79. The number of carbonyl (C=O) groups excluding carboxylic acids is 1. The van der Waals surface area contributed by atoms with Gasteiger partial charge in [-0.05, 0) is 25.0 Å². The molecule has 198 valence electrons. The van der Waals surface area contributed by atoms with Crippen LogP contribution in [0.2, 0.25) is 0 Å². The number of hydrogen-bond donors (Lipinski definition) is 3. The number of nitrogens with zero attached hydrogens (tertiary/aromatic N) is 2. The van der Waals surface area contributed by atoms with Crippen molar-refractivity contribution >= 4 is 17.7 Å². The van der Waals surface area contributed by atoms with Gasteiger partial charge in [-0.1, -0.05) is 19.3 Å². The van der Waals surface area contributed by atoms with Gasteiger partial charge >= 0.3 is 12.4 Å². The Morgan fingerprint density at radius 1 is 1.17 bits per heavy atom. The van der Waals surface area contributed by atoms with Crippen LogP contribution in [0.1, 0.15) is 32.1 Å². The van der Waals surface area contributed by atoms with Gasteiger partial charge in [0.2, 0.25) is 5.95 Å². The molecule has 4 rings (SSSR count). The first-order chi connectivity index (χ1) is 17.2. The molecule has 10 nitrogen and oxygen atoms in total. The fraction of sp³-hybridized carbons (Fsp3) is 0.522. The largest absolute Gasteiger partial charge is 0.573 e. The molecule has 2 heterocycles. The predicted molar refractivity (Wildman–Crippen MR) is 127 cm³/mol. The summed E-state index contributed by atoms with van der Waals surface area (Å²) in [5.74, 6) is 0.459. The Morgan fingerprint density at radius 2 is 1.89 bits per heavy atom. The van der Waals surface area contributed by atoms with Crippen LogP contribution in [0.4, 0.5) is 29.6 Å². The Balaban J connectivity index is 0.000000233. The maximum absolute atomic E-state index is 12.3. The Labute approximate surface area is 206 Å². The summed E-state index contributed by atoms with van der Waals surface area (Å²) in [5.41, 5.74) is -0.000878. The molecule has 3 N–H and O–H groups in total. The summed E-state index contributed by atoms with van der Waals surface area (Å²) < 4.78 is 50.9. The van der Waals surface area contributed by atoms with Crippen molar-refractivity contribution in [3.63, 3.8) is 0 Å². The minimum absolute atomic E-state index is 0.0874. The molecule has 2 aromatic rings. The van der Waals surface area contributed by atoms with Crippen molar-refractivity contribution in [1.29, 1.82) is 0 Å². The third-order valence-corrected chi connectivity index (χ3v) is 5.56. The van der Waals surface area contributed by atoms with Crippen molar-refractivity contribution in [1.82, 2.24) is 15.3 Å². The third kappa shape index (κ3) is 8.95. The van der Waals surface area contributed by atoms with Crippen LogP contribution in [-0.2, 0) is 4.74 Å². The van der Waals surface area contributed by atoms with Gasteiger partial charge in [0.15, 0.2) is 0 Å². The van der Waals surface area contributed by atoms with E-state index >= 15 is 0 Å². The van der Waals surface area contributed by atoms with Gasteiger partial charge < -0.3 is 29.7 Å². The zero-order valence-electron chi connectivity index (χ0n) is 19.9. The molecule has 1 aliphatic carbocycles. The molecule has 1 aromatic heterocycles. The van der Waals surface area contributed by atoms with Crippen LogP contribution < -0.4 is 30.6 Å². The highest BCUT2D eigenvalue weighted by Crippen LogP contribution is 2.32. The van der Waals surface area contributed by atoms with E-state index < -0.39 is 18.1 Å². The maximum Gasteiger partial charge on any atom is 0.573 e. The van der Waals surface area contributed by atoms with Gasteiger partial charge in [-0.25, -0.2) is 9.78 Å². The lowest BCUT2D eigenvalue weighted by molar-refractivity contribution is -0.274. The van der Waals surface area contributed by atoms with Crippen LogP contribution in [0.25, 0.3) is 0 Å². The van der Waals surface area contributed by atoms with Crippen molar-refractivity contribution < 1.29 is 32.2 Å². The second-order valence-corrected chi connectivity index (χ2v) is 8.20. The van der Waals surface area contributed by atoms with Crippen molar-refractivity contribution in [2.75, 3.05) is 43.6 Å². The number of rotatable bonds is 5. The van der Waals surface area contributed by atoms with Crippen molar-refractivity contribution in [2.45, 2.75) is 44.5 Å². The number of morpholine rings is 1. The molecule has 2 amide bonds. The van der Waals surface area contributed by atoms with Gasteiger partial charge in [0.25, 0.3) is 5.56 Å². The summed E-state index contributed by atoms with van der Waals surface area (Å²) in [5, 5.41) is 5.33. The SMILES string of the molecule is COc1ccc(OC(F)(F)F)cc1NC(=O)NC1CCCCC1.O=c1ccnc(N2CCOCC2)[nH]1. The Bertz CT molecular complexity index is 1040. The second-order valence-electron chi connectivity index (χ2n) is 8.20. The van der Waals surface area contributed by atoms with Gasteiger partial charge in [-0.2, -0.15) is 0 Å². The molecule has 0 unspecified atom stereocenters. The molecule has 0 atom stereocenters. The molecule has 1 aromatic carbocycles. The highest BCUT2D eigenvalue weighted by Gasteiger charge is 2.31. The van der Waals surface area contributed by atoms with E-state index in [-0.39, 0.29) is 23.0 Å². The zero-order valence-corrected chi connectivity index (χ0v) is 19.9. The number of ether oxygens (including phenoxy) is 3. The number of methoxy groups -OCH3 is 1. The first-order valence-corrected chi connectivity index (χ1v) is 11.6. The fourth-order valence-electron chi connectivity index (χ4n) is 3.87. The normalized spacial score (nSPS) is 16.4. The van der Waals surface area contributed by atoms with E-state index in [0.717, 1.165) is 57.3 Å². The van der Waals surface area contributed by atoms with E-state index in [1.807, 2.05) is 4.90 Å². The van der Waals surface area contributed by atoms with Gasteiger partial charge in [0.1, 0.15) is 11.5 Å². The van der Waals surface area contributed by atoms with Gasteiger partial charge in [0, 0.05) is 37.5 Å². The molecule has 2 fully saturated rings. The lowest BCUT2D eigenvalue weighted by Gasteiger charge is -2.26. The molecule has 13 heteroatoms. The van der Waals surface area contributed by atoms with E-state index in [4.69, 9.17) is 9.47 Å². The van der Waals surface area contributed by atoms with E-state index in [1.165, 1.54) is 25.4 Å². The summed E-state index contributed by atoms with van der Waals surface area (Å²) in [6, 6.07) is 4.52. The molecule has 1 saturated carbocycles. The standard InChI is InChI=1S/C15H19F3N2O3.C8H11N3O2/c1-22-13-8-7-11(23-15(16,17)18)9-12(13)20-14(21)19-10-5-3-2-4-6-10;12-7-1-2-9-8(10-7)11-3-5-13-6-4-11/h7-10H,2-6H2,1H3,(H2,19,20,21);1-2H,3-6H2,(H,9,10,12). The highest BCUT2D eigenvalue weighted by atomic mass is 19.4. The zero-order chi connectivity index (χ0) is 26.0. The van der Waals surface area contributed by atoms with Gasteiger partial charge in [-0.3, -0.25) is 9.78 Å². The topological polar surface area (TPSA) is 118 Å². The number of aromatic amines is 1. The number of H-pyrrole nitrogens is 1. The second kappa shape index (κ2) is 13.0. The number of aromatic nitrogens is 2. The van der Waals surface area contributed by atoms with Crippen molar-refractivity contribution in [3.05, 3.63) is 40.8 Å². The average Bonchev–Trinajstić information content (AvgIpc) is 2.85. The van der Waals surface area contributed by atoms with Crippen LogP contribution in [0, 0.1) is 0 Å². The van der Waals surface area contributed by atoms with E-state index in [0.29, 0.717) is 19.2 Å². The smallest absolute Gasteiger partial charge is 0.495 e. The molecule has 0 spiro atoms. The number of urea groups is 1. The first-order valence-electron chi connectivity index (χ1n) is 11.6. The molecule has 2 aliphatic rings.